The molecule has 0 aromatic heterocycles. The van der Waals surface area contributed by atoms with Crippen LogP contribution in [0.15, 0.2) is 48.5 Å². The van der Waals surface area contributed by atoms with Crippen LogP contribution in [-0.4, -0.2) is 19.7 Å². The third-order valence-corrected chi connectivity index (χ3v) is 5.82. The van der Waals surface area contributed by atoms with Crippen LogP contribution < -0.4 is 15.4 Å². The van der Waals surface area contributed by atoms with Crippen LogP contribution in [0.3, 0.4) is 0 Å². The number of benzene rings is 2. The van der Waals surface area contributed by atoms with E-state index in [4.69, 9.17) is 16.3 Å². The highest BCUT2D eigenvalue weighted by molar-refractivity contribution is 6.30. The Hall–Kier alpha value is -1.55. The Morgan fingerprint density at radius 3 is 2.76 bits per heavy atom. The summed E-state index contributed by atoms with van der Waals surface area (Å²) in [6.45, 7) is 1.89. The Balaban J connectivity index is 1.52. The van der Waals surface area contributed by atoms with Gasteiger partial charge < -0.3 is 15.4 Å². The first-order valence-corrected chi connectivity index (χ1v) is 9.46. The average Bonchev–Trinajstić information content (AvgIpc) is 3.39. The Morgan fingerprint density at radius 1 is 1.12 bits per heavy atom. The molecule has 4 rings (SSSR count). The van der Waals surface area contributed by atoms with Gasteiger partial charge in [0.05, 0.1) is 7.11 Å². The molecule has 4 unspecified atom stereocenters. The van der Waals surface area contributed by atoms with Gasteiger partial charge >= 0.3 is 0 Å². The van der Waals surface area contributed by atoms with Crippen molar-refractivity contribution in [2.24, 2.45) is 11.8 Å². The number of methoxy groups -OCH3 is 1. The summed E-state index contributed by atoms with van der Waals surface area (Å²) in [6, 6.07) is 17.3. The van der Waals surface area contributed by atoms with Crippen molar-refractivity contribution in [3.63, 3.8) is 0 Å². The van der Waals surface area contributed by atoms with Crippen molar-refractivity contribution in [2.75, 3.05) is 13.7 Å². The second kappa shape index (κ2) is 7.36. The molecule has 3 nitrogen and oxygen atoms in total. The van der Waals surface area contributed by atoms with Gasteiger partial charge in [0.25, 0.3) is 0 Å². The first-order valence-electron chi connectivity index (χ1n) is 9.08. The molecular formula is C21H25ClN2O. The Bertz CT molecular complexity index is 721. The SMILES string of the molecule is COc1ccc(Cl)cc1CNC1CC2CC2CNC1c1ccccc1. The van der Waals surface area contributed by atoms with E-state index in [2.05, 4.69) is 41.0 Å². The standard InChI is InChI=1S/C21H25ClN2O/c1-25-20-8-7-18(22)10-17(20)13-23-19-11-15-9-16(15)12-24-21(19)14-5-3-2-4-6-14/h2-8,10,15-16,19,21,23-24H,9,11-13H2,1H3. The second-order valence-corrected chi connectivity index (χ2v) is 7.67. The fourth-order valence-electron chi connectivity index (χ4n) is 4.07. The summed E-state index contributed by atoms with van der Waals surface area (Å²) in [6.07, 6.45) is 2.59. The van der Waals surface area contributed by atoms with Gasteiger partial charge in [0.1, 0.15) is 5.75 Å². The number of hydrogen-bond acceptors (Lipinski definition) is 3. The van der Waals surface area contributed by atoms with Crippen LogP contribution in [0.4, 0.5) is 0 Å². The molecule has 1 aliphatic heterocycles. The van der Waals surface area contributed by atoms with Crippen LogP contribution in [0.25, 0.3) is 0 Å². The molecule has 2 N–H and O–H groups in total. The zero-order valence-corrected chi connectivity index (χ0v) is 15.3. The highest BCUT2D eigenvalue weighted by Gasteiger charge is 2.43. The third-order valence-electron chi connectivity index (χ3n) is 5.58. The Kier molecular flexibility index (Phi) is 4.98. The Labute approximate surface area is 154 Å². The van der Waals surface area contributed by atoms with Crippen molar-refractivity contribution in [2.45, 2.75) is 31.5 Å². The van der Waals surface area contributed by atoms with Crippen LogP contribution in [-0.2, 0) is 6.54 Å². The maximum absolute atomic E-state index is 6.18. The topological polar surface area (TPSA) is 33.3 Å². The maximum atomic E-state index is 6.18. The second-order valence-electron chi connectivity index (χ2n) is 7.23. The summed E-state index contributed by atoms with van der Waals surface area (Å²) < 4.78 is 5.49. The summed E-state index contributed by atoms with van der Waals surface area (Å²) in [4.78, 5) is 0. The van der Waals surface area contributed by atoms with Crippen LogP contribution in [0.5, 0.6) is 5.75 Å². The van der Waals surface area contributed by atoms with Crippen molar-refractivity contribution in [3.05, 3.63) is 64.7 Å². The summed E-state index contributed by atoms with van der Waals surface area (Å²) in [5.74, 6) is 2.61. The zero-order valence-electron chi connectivity index (χ0n) is 14.5. The minimum absolute atomic E-state index is 0.346. The number of ether oxygens (including phenoxy) is 1. The molecule has 0 amide bonds. The minimum atomic E-state index is 0.346. The molecule has 2 aliphatic rings. The van der Waals surface area contributed by atoms with E-state index in [0.717, 1.165) is 41.3 Å². The largest absolute Gasteiger partial charge is 0.496 e. The van der Waals surface area contributed by atoms with Crippen molar-refractivity contribution in [1.29, 1.82) is 0 Å². The van der Waals surface area contributed by atoms with Gasteiger partial charge in [-0.15, -0.1) is 0 Å². The van der Waals surface area contributed by atoms with E-state index in [1.807, 2.05) is 18.2 Å². The Morgan fingerprint density at radius 2 is 1.96 bits per heavy atom. The quantitative estimate of drug-likeness (QED) is 0.843. The molecule has 0 bridgehead atoms. The van der Waals surface area contributed by atoms with E-state index in [1.54, 1.807) is 7.11 Å². The van der Waals surface area contributed by atoms with Gasteiger partial charge in [0.2, 0.25) is 0 Å². The van der Waals surface area contributed by atoms with Gasteiger partial charge in [0, 0.05) is 29.2 Å². The fraction of sp³-hybridized carbons (Fsp3) is 0.429. The molecular weight excluding hydrogens is 332 g/mol. The fourth-order valence-corrected chi connectivity index (χ4v) is 4.26. The molecule has 1 aliphatic carbocycles. The van der Waals surface area contributed by atoms with Crippen LogP contribution in [0.1, 0.15) is 30.0 Å². The van der Waals surface area contributed by atoms with E-state index in [-0.39, 0.29) is 0 Å². The number of halogens is 1. The van der Waals surface area contributed by atoms with E-state index in [1.165, 1.54) is 18.4 Å². The smallest absolute Gasteiger partial charge is 0.123 e. The molecule has 132 valence electrons. The van der Waals surface area contributed by atoms with Crippen molar-refractivity contribution in [3.8, 4) is 5.75 Å². The van der Waals surface area contributed by atoms with Crippen LogP contribution in [0, 0.1) is 11.8 Å². The lowest BCUT2D eigenvalue weighted by Crippen LogP contribution is -2.41. The highest BCUT2D eigenvalue weighted by Crippen LogP contribution is 2.45. The summed E-state index contributed by atoms with van der Waals surface area (Å²) in [7, 11) is 1.71. The van der Waals surface area contributed by atoms with Gasteiger partial charge in [-0.25, -0.2) is 0 Å². The highest BCUT2D eigenvalue weighted by atomic mass is 35.5. The summed E-state index contributed by atoms with van der Waals surface area (Å²) in [5, 5.41) is 8.33. The van der Waals surface area contributed by atoms with E-state index in [9.17, 15) is 0 Å². The first-order chi connectivity index (χ1) is 12.2. The molecule has 4 atom stereocenters. The lowest BCUT2D eigenvalue weighted by atomic mass is 9.95. The lowest BCUT2D eigenvalue weighted by molar-refractivity contribution is 0.360. The average molecular weight is 357 g/mol. The van der Waals surface area contributed by atoms with Gasteiger partial charge in [-0.1, -0.05) is 41.9 Å². The van der Waals surface area contributed by atoms with Gasteiger partial charge in [-0.3, -0.25) is 0 Å². The normalized spacial score (nSPS) is 28.1. The van der Waals surface area contributed by atoms with Gasteiger partial charge in [0.15, 0.2) is 0 Å². The van der Waals surface area contributed by atoms with Crippen LogP contribution in [0.2, 0.25) is 5.02 Å². The monoisotopic (exact) mass is 356 g/mol. The van der Waals surface area contributed by atoms with Gasteiger partial charge in [-0.2, -0.15) is 0 Å². The molecule has 4 heteroatoms. The predicted molar refractivity (Wildman–Crippen MR) is 102 cm³/mol. The maximum Gasteiger partial charge on any atom is 0.123 e. The molecule has 1 saturated heterocycles. The number of fused-ring (bicyclic) bond motifs is 1. The molecule has 0 spiro atoms. The van der Waals surface area contributed by atoms with Crippen molar-refractivity contribution < 1.29 is 4.74 Å². The molecule has 0 radical (unpaired) electrons. The lowest BCUT2D eigenvalue weighted by Gasteiger charge is -2.28. The van der Waals surface area contributed by atoms with Crippen molar-refractivity contribution in [1.82, 2.24) is 10.6 Å². The summed E-state index contributed by atoms with van der Waals surface area (Å²) in [5.41, 5.74) is 2.47. The molecule has 2 aromatic carbocycles. The predicted octanol–water partition coefficient (Wildman–Crippen LogP) is 4.18. The van der Waals surface area contributed by atoms with Crippen molar-refractivity contribution >= 4 is 11.6 Å². The minimum Gasteiger partial charge on any atom is -0.496 e. The van der Waals surface area contributed by atoms with E-state index in [0.29, 0.717) is 12.1 Å². The molecule has 1 heterocycles. The molecule has 25 heavy (non-hydrogen) atoms. The first kappa shape index (κ1) is 16.9. The number of nitrogens with one attached hydrogen (secondary N) is 2. The zero-order chi connectivity index (χ0) is 17.2. The van der Waals surface area contributed by atoms with Crippen LogP contribution >= 0.6 is 11.6 Å². The third kappa shape index (κ3) is 3.84. The van der Waals surface area contributed by atoms with Gasteiger partial charge in [-0.05, 0) is 55.0 Å². The number of rotatable bonds is 5. The molecule has 1 saturated carbocycles. The molecule has 2 fully saturated rings. The van der Waals surface area contributed by atoms with E-state index < -0.39 is 0 Å². The van der Waals surface area contributed by atoms with E-state index >= 15 is 0 Å². The number of hydrogen-bond donors (Lipinski definition) is 2. The summed E-state index contributed by atoms with van der Waals surface area (Å²) >= 11 is 6.18. The molecule has 2 aromatic rings.